The standard InChI is InChI=1S/C23H19ClN2O5/c1-28-21-10-16(4-8-19(21)29-13-15-2-6-18(24)7-3-15)12-25-26-23(27)17-5-9-20-22(11-17)31-14-30-20/h2-12H,13-14H2,1H3,(H,26,27). The molecule has 0 atom stereocenters. The molecular weight excluding hydrogens is 420 g/mol. The summed E-state index contributed by atoms with van der Waals surface area (Å²) in [7, 11) is 1.56. The Bertz CT molecular complexity index is 1120. The number of fused-ring (bicyclic) bond motifs is 1. The lowest BCUT2D eigenvalue weighted by atomic mass is 10.2. The van der Waals surface area contributed by atoms with Gasteiger partial charge in [-0.15, -0.1) is 0 Å². The first kappa shape index (κ1) is 20.6. The van der Waals surface area contributed by atoms with Gasteiger partial charge in [0.05, 0.1) is 13.3 Å². The number of carbonyl (C=O) groups excluding carboxylic acids is 1. The van der Waals surface area contributed by atoms with Crippen molar-refractivity contribution >= 4 is 23.7 Å². The van der Waals surface area contributed by atoms with E-state index in [1.54, 1.807) is 37.4 Å². The molecule has 0 radical (unpaired) electrons. The predicted octanol–water partition coefficient (Wildman–Crippen LogP) is 4.42. The summed E-state index contributed by atoms with van der Waals surface area (Å²) in [5.41, 5.74) is 4.64. The minimum Gasteiger partial charge on any atom is -0.493 e. The molecule has 158 valence electrons. The minimum absolute atomic E-state index is 0.153. The van der Waals surface area contributed by atoms with E-state index in [9.17, 15) is 4.79 Å². The molecule has 1 aliphatic heterocycles. The number of ether oxygens (including phenoxy) is 4. The number of hydrazone groups is 1. The maximum atomic E-state index is 12.3. The lowest BCUT2D eigenvalue weighted by Crippen LogP contribution is -2.17. The molecule has 3 aromatic rings. The van der Waals surface area contributed by atoms with Crippen molar-refractivity contribution in [1.29, 1.82) is 0 Å². The van der Waals surface area contributed by atoms with Crippen molar-refractivity contribution < 1.29 is 23.7 Å². The third-order valence-corrected chi connectivity index (χ3v) is 4.76. The van der Waals surface area contributed by atoms with Gasteiger partial charge in [0, 0.05) is 10.6 Å². The van der Waals surface area contributed by atoms with Crippen LogP contribution in [0.3, 0.4) is 0 Å². The number of hydrogen-bond acceptors (Lipinski definition) is 6. The Morgan fingerprint density at radius 2 is 1.87 bits per heavy atom. The Morgan fingerprint density at radius 1 is 1.06 bits per heavy atom. The third-order valence-electron chi connectivity index (χ3n) is 4.51. The SMILES string of the molecule is COc1cc(C=NNC(=O)c2ccc3c(c2)OCO3)ccc1OCc1ccc(Cl)cc1. The van der Waals surface area contributed by atoms with Crippen LogP contribution in [0.1, 0.15) is 21.5 Å². The molecule has 0 aliphatic carbocycles. The Morgan fingerprint density at radius 3 is 2.68 bits per heavy atom. The van der Waals surface area contributed by atoms with Crippen LogP contribution in [0.2, 0.25) is 5.02 Å². The molecule has 1 N–H and O–H groups in total. The van der Waals surface area contributed by atoms with Crippen molar-refractivity contribution in [3.8, 4) is 23.0 Å². The van der Waals surface area contributed by atoms with E-state index in [0.717, 1.165) is 11.1 Å². The normalized spacial score (nSPS) is 12.1. The molecule has 7 nitrogen and oxygen atoms in total. The van der Waals surface area contributed by atoms with Crippen molar-refractivity contribution in [2.75, 3.05) is 13.9 Å². The van der Waals surface area contributed by atoms with Crippen LogP contribution in [-0.4, -0.2) is 26.0 Å². The summed E-state index contributed by atoms with van der Waals surface area (Å²) in [5, 5.41) is 4.69. The molecule has 0 aromatic heterocycles. The summed E-state index contributed by atoms with van der Waals surface area (Å²) in [6.45, 7) is 0.534. The van der Waals surface area contributed by atoms with Gasteiger partial charge in [0.15, 0.2) is 23.0 Å². The van der Waals surface area contributed by atoms with Gasteiger partial charge in [-0.2, -0.15) is 5.10 Å². The molecule has 3 aromatic carbocycles. The van der Waals surface area contributed by atoms with Crippen molar-refractivity contribution in [3.05, 3.63) is 82.4 Å². The number of hydrogen-bond donors (Lipinski definition) is 1. The summed E-state index contributed by atoms with van der Waals surface area (Å²) >= 11 is 5.90. The van der Waals surface area contributed by atoms with E-state index in [1.807, 2.05) is 30.3 Å². The predicted molar refractivity (Wildman–Crippen MR) is 116 cm³/mol. The summed E-state index contributed by atoms with van der Waals surface area (Å²) in [6, 6.07) is 17.8. The van der Waals surface area contributed by atoms with E-state index >= 15 is 0 Å². The molecule has 0 saturated carbocycles. The summed E-state index contributed by atoms with van der Waals surface area (Å²) in [6.07, 6.45) is 1.52. The monoisotopic (exact) mass is 438 g/mol. The summed E-state index contributed by atoms with van der Waals surface area (Å²) in [4.78, 5) is 12.3. The van der Waals surface area contributed by atoms with E-state index in [4.69, 9.17) is 30.5 Å². The van der Waals surface area contributed by atoms with Gasteiger partial charge in [0.2, 0.25) is 6.79 Å². The highest BCUT2D eigenvalue weighted by Gasteiger charge is 2.15. The number of nitrogens with zero attached hydrogens (tertiary/aromatic N) is 1. The number of carbonyl (C=O) groups is 1. The molecule has 0 fully saturated rings. The van der Waals surface area contributed by atoms with E-state index in [1.165, 1.54) is 6.21 Å². The topological polar surface area (TPSA) is 78.4 Å². The molecule has 1 amide bonds. The Labute approximate surface area is 184 Å². The molecule has 0 bridgehead atoms. The highest BCUT2D eigenvalue weighted by atomic mass is 35.5. The molecule has 31 heavy (non-hydrogen) atoms. The maximum absolute atomic E-state index is 12.3. The average Bonchev–Trinajstić information content (AvgIpc) is 3.27. The van der Waals surface area contributed by atoms with Gasteiger partial charge in [-0.3, -0.25) is 4.79 Å². The van der Waals surface area contributed by atoms with E-state index < -0.39 is 0 Å². The zero-order valence-corrected chi connectivity index (χ0v) is 17.4. The Balaban J connectivity index is 1.37. The maximum Gasteiger partial charge on any atom is 0.271 e. The lowest BCUT2D eigenvalue weighted by Gasteiger charge is -2.11. The third kappa shape index (κ3) is 5.07. The molecule has 1 aliphatic rings. The van der Waals surface area contributed by atoms with Gasteiger partial charge in [-0.25, -0.2) is 5.43 Å². The van der Waals surface area contributed by atoms with E-state index in [2.05, 4.69) is 10.5 Å². The molecule has 0 saturated heterocycles. The highest BCUT2D eigenvalue weighted by molar-refractivity contribution is 6.30. The molecule has 0 spiro atoms. The highest BCUT2D eigenvalue weighted by Crippen LogP contribution is 2.32. The van der Waals surface area contributed by atoms with Crippen LogP contribution in [0.5, 0.6) is 23.0 Å². The first-order valence-electron chi connectivity index (χ1n) is 9.41. The Kier molecular flexibility index (Phi) is 6.24. The second kappa shape index (κ2) is 9.40. The second-order valence-corrected chi connectivity index (χ2v) is 7.03. The van der Waals surface area contributed by atoms with Crippen LogP contribution >= 0.6 is 11.6 Å². The van der Waals surface area contributed by atoms with Gasteiger partial charge in [0.1, 0.15) is 6.61 Å². The van der Waals surface area contributed by atoms with Gasteiger partial charge < -0.3 is 18.9 Å². The second-order valence-electron chi connectivity index (χ2n) is 6.59. The smallest absolute Gasteiger partial charge is 0.271 e. The number of nitrogens with one attached hydrogen (secondary N) is 1. The molecule has 8 heteroatoms. The first-order valence-corrected chi connectivity index (χ1v) is 9.78. The molecule has 0 unspecified atom stereocenters. The van der Waals surface area contributed by atoms with Crippen LogP contribution in [0.4, 0.5) is 0 Å². The van der Waals surface area contributed by atoms with Crippen molar-refractivity contribution in [2.24, 2.45) is 5.10 Å². The number of halogens is 1. The average molecular weight is 439 g/mol. The largest absolute Gasteiger partial charge is 0.493 e. The number of benzene rings is 3. The van der Waals surface area contributed by atoms with Gasteiger partial charge in [-0.1, -0.05) is 23.7 Å². The van der Waals surface area contributed by atoms with Crippen molar-refractivity contribution in [1.82, 2.24) is 5.43 Å². The number of methoxy groups -OCH3 is 1. The zero-order chi connectivity index (χ0) is 21.6. The lowest BCUT2D eigenvalue weighted by molar-refractivity contribution is 0.0954. The van der Waals surface area contributed by atoms with Crippen molar-refractivity contribution in [2.45, 2.75) is 6.61 Å². The molecule has 4 rings (SSSR count). The van der Waals surface area contributed by atoms with Crippen LogP contribution in [0.15, 0.2) is 65.8 Å². The summed E-state index contributed by atoms with van der Waals surface area (Å²) in [5.74, 6) is 1.95. The van der Waals surface area contributed by atoms with Crippen LogP contribution in [0.25, 0.3) is 0 Å². The zero-order valence-electron chi connectivity index (χ0n) is 16.6. The van der Waals surface area contributed by atoms with Crippen molar-refractivity contribution in [3.63, 3.8) is 0 Å². The fourth-order valence-corrected chi connectivity index (χ4v) is 3.02. The number of amides is 1. The van der Waals surface area contributed by atoms with Gasteiger partial charge in [0.25, 0.3) is 5.91 Å². The van der Waals surface area contributed by atoms with E-state index in [0.29, 0.717) is 40.2 Å². The quantitative estimate of drug-likeness (QED) is 0.436. The molecule has 1 heterocycles. The van der Waals surface area contributed by atoms with Gasteiger partial charge >= 0.3 is 0 Å². The fraction of sp³-hybridized carbons (Fsp3) is 0.130. The van der Waals surface area contributed by atoms with Gasteiger partial charge in [-0.05, 0) is 59.7 Å². The Hall–Kier alpha value is -3.71. The fourth-order valence-electron chi connectivity index (χ4n) is 2.89. The van der Waals surface area contributed by atoms with Crippen LogP contribution < -0.4 is 24.4 Å². The number of rotatable bonds is 7. The van der Waals surface area contributed by atoms with Crippen LogP contribution in [-0.2, 0) is 6.61 Å². The summed E-state index contributed by atoms with van der Waals surface area (Å²) < 4.78 is 21.8. The minimum atomic E-state index is -0.357. The van der Waals surface area contributed by atoms with E-state index in [-0.39, 0.29) is 12.7 Å². The first-order chi connectivity index (χ1) is 15.1. The molecular formula is C23H19ClN2O5. The van der Waals surface area contributed by atoms with Crippen LogP contribution in [0, 0.1) is 0 Å².